The van der Waals surface area contributed by atoms with Crippen LogP contribution in [0.3, 0.4) is 0 Å². The number of esters is 1. The third-order valence-corrected chi connectivity index (χ3v) is 11.4. The van der Waals surface area contributed by atoms with Crippen LogP contribution < -0.4 is 5.73 Å². The van der Waals surface area contributed by atoms with Crippen LogP contribution in [0.1, 0.15) is 239 Å². The molecule has 0 aliphatic rings. The minimum absolute atomic E-state index is 0.0936. The molecular weight excluding hydrogens is 709 g/mol. The van der Waals surface area contributed by atoms with Crippen molar-refractivity contribution < 1.29 is 32.8 Å². The van der Waals surface area contributed by atoms with Crippen molar-refractivity contribution in [3.05, 3.63) is 12.2 Å². The zero-order valence-corrected chi connectivity index (χ0v) is 37.3. The van der Waals surface area contributed by atoms with Gasteiger partial charge in [-0.05, 0) is 38.5 Å². The van der Waals surface area contributed by atoms with Crippen LogP contribution in [0.2, 0.25) is 0 Å². The Morgan fingerprint density at radius 1 is 0.527 bits per heavy atom. The predicted octanol–water partition coefficient (Wildman–Crippen LogP) is 14.3. The smallest absolute Gasteiger partial charge is 0.457 e. The number of carbonyl (C=O) groups excluding carboxylic acids is 1. The molecule has 0 amide bonds. The second kappa shape index (κ2) is 44.3. The highest BCUT2D eigenvalue weighted by atomic mass is 31.2. The average molecular weight is 802 g/mol. The van der Waals surface area contributed by atoms with Gasteiger partial charge in [0.05, 0.1) is 19.8 Å². The summed E-state index contributed by atoms with van der Waals surface area (Å²) in [5.74, 6) is -0.334. The van der Waals surface area contributed by atoms with Crippen LogP contribution in [0, 0.1) is 0 Å². The van der Waals surface area contributed by atoms with Crippen LogP contribution in [-0.4, -0.2) is 49.9 Å². The van der Waals surface area contributed by atoms with Crippen LogP contribution in [-0.2, 0) is 27.9 Å². The molecule has 0 rings (SSSR count). The van der Waals surface area contributed by atoms with Crippen molar-refractivity contribution in [1.82, 2.24) is 0 Å². The van der Waals surface area contributed by atoms with Gasteiger partial charge in [-0.1, -0.05) is 206 Å². The maximum absolute atomic E-state index is 12.6. The van der Waals surface area contributed by atoms with Gasteiger partial charge in [0.2, 0.25) is 0 Å². The molecule has 0 spiro atoms. The second-order valence-corrected chi connectivity index (χ2v) is 17.4. The first kappa shape index (κ1) is 54.2. The van der Waals surface area contributed by atoms with E-state index >= 15 is 0 Å². The predicted molar refractivity (Wildman–Crippen MR) is 234 cm³/mol. The number of ether oxygens (including phenoxy) is 2. The lowest BCUT2D eigenvalue weighted by Crippen LogP contribution is -2.28. The Hall–Kier alpha value is -0.760. The number of phosphoric acid groups is 1. The van der Waals surface area contributed by atoms with Gasteiger partial charge in [-0.2, -0.15) is 0 Å². The fourth-order valence-electron chi connectivity index (χ4n) is 6.93. The zero-order chi connectivity index (χ0) is 40.2. The number of phosphoric ester groups is 1. The van der Waals surface area contributed by atoms with E-state index in [0.717, 1.165) is 44.9 Å². The Kier molecular flexibility index (Phi) is 43.7. The molecule has 0 fully saturated rings. The summed E-state index contributed by atoms with van der Waals surface area (Å²) in [4.78, 5) is 22.5. The molecule has 0 saturated heterocycles. The first-order chi connectivity index (χ1) is 26.9. The monoisotopic (exact) mass is 802 g/mol. The Labute approximate surface area is 341 Å². The summed E-state index contributed by atoms with van der Waals surface area (Å²) < 4.78 is 33.5. The number of hydrogen-bond acceptors (Lipinski definition) is 7. The van der Waals surface area contributed by atoms with Crippen molar-refractivity contribution in [2.75, 3.05) is 33.0 Å². The summed E-state index contributed by atoms with van der Waals surface area (Å²) in [7, 11) is -4.27. The number of allylic oxidation sites excluding steroid dienone is 2. The van der Waals surface area contributed by atoms with Crippen molar-refractivity contribution in [3.63, 3.8) is 0 Å². The number of nitrogens with two attached hydrogens (primary N) is 1. The van der Waals surface area contributed by atoms with Crippen molar-refractivity contribution in [2.45, 2.75) is 245 Å². The number of unbranched alkanes of at least 4 members (excludes halogenated alkanes) is 31. The van der Waals surface area contributed by atoms with Gasteiger partial charge in [-0.3, -0.25) is 13.8 Å². The van der Waals surface area contributed by atoms with Gasteiger partial charge in [0.25, 0.3) is 0 Å². The topological polar surface area (TPSA) is 117 Å². The molecule has 8 nitrogen and oxygen atoms in total. The van der Waals surface area contributed by atoms with Gasteiger partial charge < -0.3 is 20.1 Å². The molecule has 0 aliphatic heterocycles. The highest BCUT2D eigenvalue weighted by molar-refractivity contribution is 7.47. The second-order valence-electron chi connectivity index (χ2n) is 16.0. The van der Waals surface area contributed by atoms with E-state index in [4.69, 9.17) is 24.3 Å². The zero-order valence-electron chi connectivity index (χ0n) is 36.4. The summed E-state index contributed by atoms with van der Waals surface area (Å²) in [6, 6.07) is 0. The molecule has 0 bridgehead atoms. The molecule has 0 radical (unpaired) electrons. The molecule has 328 valence electrons. The lowest BCUT2D eigenvalue weighted by atomic mass is 10.0. The van der Waals surface area contributed by atoms with Gasteiger partial charge in [0.15, 0.2) is 0 Å². The number of hydrogen-bond donors (Lipinski definition) is 2. The summed E-state index contributed by atoms with van der Waals surface area (Å²) >= 11 is 0. The molecule has 2 unspecified atom stereocenters. The van der Waals surface area contributed by atoms with Gasteiger partial charge in [0.1, 0.15) is 6.10 Å². The minimum Gasteiger partial charge on any atom is -0.457 e. The van der Waals surface area contributed by atoms with E-state index < -0.39 is 13.9 Å². The first-order valence-electron chi connectivity index (χ1n) is 23.7. The van der Waals surface area contributed by atoms with E-state index in [-0.39, 0.29) is 32.3 Å². The molecule has 9 heteroatoms. The maximum Gasteiger partial charge on any atom is 0.472 e. The van der Waals surface area contributed by atoms with E-state index in [0.29, 0.717) is 13.0 Å². The van der Waals surface area contributed by atoms with Crippen LogP contribution >= 0.6 is 7.82 Å². The normalized spacial score (nSPS) is 13.5. The molecular formula is C46H92NO7P. The molecule has 0 aromatic heterocycles. The van der Waals surface area contributed by atoms with Crippen molar-refractivity contribution in [2.24, 2.45) is 5.73 Å². The highest BCUT2D eigenvalue weighted by Gasteiger charge is 2.25. The SMILES string of the molecule is CCCCCCCC/C=C\CCCCCCCC(=O)OC(COCCCCCCCCCCCCCCCCCCCCCCC)COP(=O)(O)OCCN. The van der Waals surface area contributed by atoms with E-state index in [2.05, 4.69) is 26.0 Å². The van der Waals surface area contributed by atoms with E-state index in [9.17, 15) is 14.3 Å². The molecule has 55 heavy (non-hydrogen) atoms. The quantitative estimate of drug-likeness (QED) is 0.0270. The van der Waals surface area contributed by atoms with Crippen molar-refractivity contribution in [3.8, 4) is 0 Å². The van der Waals surface area contributed by atoms with Crippen LogP contribution in [0.25, 0.3) is 0 Å². The van der Waals surface area contributed by atoms with Crippen molar-refractivity contribution in [1.29, 1.82) is 0 Å². The molecule has 0 aliphatic carbocycles. The summed E-state index contributed by atoms with van der Waals surface area (Å²) in [6.45, 7) is 4.96. The van der Waals surface area contributed by atoms with E-state index in [1.807, 2.05) is 0 Å². The fraction of sp³-hybridized carbons (Fsp3) is 0.935. The van der Waals surface area contributed by atoms with E-state index in [1.54, 1.807) is 0 Å². The molecule has 0 aromatic carbocycles. The summed E-state index contributed by atoms with van der Waals surface area (Å²) in [6.07, 6.45) is 48.1. The van der Waals surface area contributed by atoms with Crippen LogP contribution in [0.5, 0.6) is 0 Å². The molecule has 2 atom stereocenters. The Bertz CT molecular complexity index is 858. The van der Waals surface area contributed by atoms with Gasteiger partial charge >= 0.3 is 13.8 Å². The van der Waals surface area contributed by atoms with Gasteiger partial charge in [-0.25, -0.2) is 4.57 Å². The standard InChI is InChI=1S/C46H92NO7P/c1-3-5-7-9-11-13-15-17-19-20-21-22-23-24-26-28-30-32-34-36-38-41-51-43-45(44-53-55(49,50)52-42-40-47)54-46(48)39-37-35-33-31-29-27-25-18-16-14-12-10-8-6-4-2/h18,25,45H,3-17,19-24,26-44,47H2,1-2H3,(H,49,50)/b25-18-. The summed E-state index contributed by atoms with van der Waals surface area (Å²) in [5.41, 5.74) is 5.38. The van der Waals surface area contributed by atoms with Crippen LogP contribution in [0.15, 0.2) is 12.2 Å². The lowest BCUT2D eigenvalue weighted by Gasteiger charge is -2.20. The third-order valence-electron chi connectivity index (χ3n) is 10.4. The van der Waals surface area contributed by atoms with E-state index in [1.165, 1.54) is 173 Å². The fourth-order valence-corrected chi connectivity index (χ4v) is 7.70. The minimum atomic E-state index is -4.27. The number of rotatable bonds is 46. The first-order valence-corrected chi connectivity index (χ1v) is 25.2. The average Bonchev–Trinajstić information content (AvgIpc) is 3.17. The molecule has 0 heterocycles. The van der Waals surface area contributed by atoms with Gasteiger partial charge in [-0.15, -0.1) is 0 Å². The Morgan fingerprint density at radius 2 is 0.909 bits per heavy atom. The van der Waals surface area contributed by atoms with Gasteiger partial charge in [0, 0.05) is 19.6 Å². The third kappa shape index (κ3) is 44.2. The Balaban J connectivity index is 3.92. The van der Waals surface area contributed by atoms with Crippen LogP contribution in [0.4, 0.5) is 0 Å². The molecule has 0 aromatic rings. The number of carbonyl (C=O) groups is 1. The maximum atomic E-state index is 12.6. The largest absolute Gasteiger partial charge is 0.472 e. The Morgan fingerprint density at radius 3 is 1.33 bits per heavy atom. The summed E-state index contributed by atoms with van der Waals surface area (Å²) in [5, 5.41) is 0. The van der Waals surface area contributed by atoms with Crippen molar-refractivity contribution >= 4 is 13.8 Å². The molecule has 3 N–H and O–H groups in total. The molecule has 0 saturated carbocycles. The lowest BCUT2D eigenvalue weighted by molar-refractivity contribution is -0.154. The highest BCUT2D eigenvalue weighted by Crippen LogP contribution is 2.43.